The second-order valence-electron chi connectivity index (χ2n) is 2.53. The van der Waals surface area contributed by atoms with Gasteiger partial charge in [0.05, 0.1) is 6.61 Å². The maximum atomic E-state index is 4.99. The van der Waals surface area contributed by atoms with E-state index in [2.05, 4.69) is 17.1 Å². The monoisotopic (exact) mass is 190 g/mol. The topological polar surface area (TPSA) is 24.5 Å². The number of ether oxygens (including phenoxy) is 1. The SMILES string of the molecule is CC.CCN(CCNC)CCOC. The lowest BCUT2D eigenvalue weighted by atomic mass is 10.4. The van der Waals surface area contributed by atoms with Crippen molar-refractivity contribution in [3.05, 3.63) is 0 Å². The molecule has 0 saturated carbocycles. The molecule has 1 N–H and O–H groups in total. The predicted octanol–water partition coefficient (Wildman–Crippen LogP) is 1.20. The first-order chi connectivity index (χ1) is 6.35. The molecule has 13 heavy (non-hydrogen) atoms. The van der Waals surface area contributed by atoms with Gasteiger partial charge in [0.15, 0.2) is 0 Å². The Balaban J connectivity index is 0. The Morgan fingerprint density at radius 1 is 1.23 bits per heavy atom. The maximum absolute atomic E-state index is 4.99. The lowest BCUT2D eigenvalue weighted by Crippen LogP contribution is -2.33. The van der Waals surface area contributed by atoms with Crippen LogP contribution < -0.4 is 5.32 Å². The van der Waals surface area contributed by atoms with Crippen molar-refractivity contribution in [2.75, 3.05) is 46.9 Å². The maximum Gasteiger partial charge on any atom is 0.0589 e. The van der Waals surface area contributed by atoms with Gasteiger partial charge in [0.25, 0.3) is 0 Å². The first-order valence-electron chi connectivity index (χ1n) is 5.21. The largest absolute Gasteiger partial charge is 0.383 e. The quantitative estimate of drug-likeness (QED) is 0.653. The van der Waals surface area contributed by atoms with Gasteiger partial charge in [-0.1, -0.05) is 20.8 Å². The number of hydrogen-bond donors (Lipinski definition) is 1. The van der Waals surface area contributed by atoms with Gasteiger partial charge >= 0.3 is 0 Å². The van der Waals surface area contributed by atoms with Gasteiger partial charge in [-0.15, -0.1) is 0 Å². The summed E-state index contributed by atoms with van der Waals surface area (Å²) in [6.07, 6.45) is 0. The lowest BCUT2D eigenvalue weighted by molar-refractivity contribution is 0.151. The molecule has 0 aromatic carbocycles. The fourth-order valence-corrected chi connectivity index (χ4v) is 0.918. The van der Waals surface area contributed by atoms with Crippen LogP contribution in [-0.4, -0.2) is 51.8 Å². The van der Waals surface area contributed by atoms with Crippen LogP contribution in [0.1, 0.15) is 20.8 Å². The Morgan fingerprint density at radius 3 is 2.23 bits per heavy atom. The molecule has 0 bridgehead atoms. The Labute approximate surface area is 83.5 Å². The highest BCUT2D eigenvalue weighted by Gasteiger charge is 1.98. The van der Waals surface area contributed by atoms with Crippen LogP contribution in [0, 0.1) is 0 Å². The summed E-state index contributed by atoms with van der Waals surface area (Å²) in [5, 5.41) is 3.13. The van der Waals surface area contributed by atoms with Crippen molar-refractivity contribution < 1.29 is 4.74 Å². The van der Waals surface area contributed by atoms with E-state index in [0.717, 1.165) is 32.8 Å². The molecule has 82 valence electrons. The normalized spacial score (nSPS) is 9.69. The highest BCUT2D eigenvalue weighted by Crippen LogP contribution is 1.85. The average molecular weight is 190 g/mol. The molecule has 0 saturated heterocycles. The molecule has 3 nitrogen and oxygen atoms in total. The van der Waals surface area contributed by atoms with Gasteiger partial charge in [-0.3, -0.25) is 0 Å². The molecule has 0 aliphatic rings. The van der Waals surface area contributed by atoms with Crippen molar-refractivity contribution in [3.8, 4) is 0 Å². The van der Waals surface area contributed by atoms with E-state index < -0.39 is 0 Å². The molecular formula is C10H26N2O. The molecule has 0 aromatic rings. The summed E-state index contributed by atoms with van der Waals surface area (Å²) in [6, 6.07) is 0. The van der Waals surface area contributed by atoms with E-state index in [0.29, 0.717) is 0 Å². The van der Waals surface area contributed by atoms with E-state index in [4.69, 9.17) is 4.74 Å². The van der Waals surface area contributed by atoms with Gasteiger partial charge in [-0.2, -0.15) is 0 Å². The summed E-state index contributed by atoms with van der Waals surface area (Å²) in [6.45, 7) is 11.3. The van der Waals surface area contributed by atoms with Crippen LogP contribution in [0.4, 0.5) is 0 Å². The van der Waals surface area contributed by atoms with E-state index in [1.54, 1.807) is 7.11 Å². The van der Waals surface area contributed by atoms with Gasteiger partial charge in [0.1, 0.15) is 0 Å². The second-order valence-corrected chi connectivity index (χ2v) is 2.53. The fourth-order valence-electron chi connectivity index (χ4n) is 0.918. The summed E-state index contributed by atoms with van der Waals surface area (Å²) in [4.78, 5) is 2.36. The molecule has 0 heterocycles. The van der Waals surface area contributed by atoms with E-state index in [9.17, 15) is 0 Å². The predicted molar refractivity (Wildman–Crippen MR) is 59.3 cm³/mol. The van der Waals surface area contributed by atoms with Crippen molar-refractivity contribution in [2.24, 2.45) is 0 Å². The van der Waals surface area contributed by atoms with Gasteiger partial charge < -0.3 is 15.0 Å². The van der Waals surface area contributed by atoms with Gasteiger partial charge in [-0.05, 0) is 13.6 Å². The third kappa shape index (κ3) is 11.9. The molecule has 0 aliphatic heterocycles. The lowest BCUT2D eigenvalue weighted by Gasteiger charge is -2.19. The number of hydrogen-bond acceptors (Lipinski definition) is 3. The van der Waals surface area contributed by atoms with Gasteiger partial charge in [-0.25, -0.2) is 0 Å². The number of methoxy groups -OCH3 is 1. The number of likely N-dealkylation sites (N-methyl/N-ethyl adjacent to an activating group) is 2. The summed E-state index contributed by atoms with van der Waals surface area (Å²) in [5.74, 6) is 0. The molecule has 0 amide bonds. The van der Waals surface area contributed by atoms with Gasteiger partial charge in [0, 0.05) is 26.7 Å². The van der Waals surface area contributed by atoms with Gasteiger partial charge in [0.2, 0.25) is 0 Å². The van der Waals surface area contributed by atoms with Crippen molar-refractivity contribution in [1.29, 1.82) is 0 Å². The first-order valence-corrected chi connectivity index (χ1v) is 5.21. The molecule has 3 heteroatoms. The van der Waals surface area contributed by atoms with Crippen molar-refractivity contribution in [2.45, 2.75) is 20.8 Å². The molecule has 0 aromatic heterocycles. The zero-order valence-electron chi connectivity index (χ0n) is 9.89. The number of nitrogens with zero attached hydrogens (tertiary/aromatic N) is 1. The number of nitrogens with one attached hydrogen (secondary N) is 1. The molecule has 0 unspecified atom stereocenters. The minimum Gasteiger partial charge on any atom is -0.383 e. The van der Waals surface area contributed by atoms with E-state index in [1.807, 2.05) is 20.9 Å². The highest BCUT2D eigenvalue weighted by atomic mass is 16.5. The van der Waals surface area contributed by atoms with Crippen molar-refractivity contribution >= 4 is 0 Å². The second kappa shape index (κ2) is 14.4. The molecule has 0 atom stereocenters. The first kappa shape index (κ1) is 15.4. The smallest absolute Gasteiger partial charge is 0.0589 e. The minimum absolute atomic E-state index is 0.831. The van der Waals surface area contributed by atoms with E-state index in [-0.39, 0.29) is 0 Å². The van der Waals surface area contributed by atoms with Crippen molar-refractivity contribution in [1.82, 2.24) is 10.2 Å². The summed E-state index contributed by atoms with van der Waals surface area (Å²) in [7, 11) is 3.72. The third-order valence-corrected chi connectivity index (χ3v) is 1.74. The van der Waals surface area contributed by atoms with Crippen LogP contribution in [0.2, 0.25) is 0 Å². The standard InChI is InChI=1S/C8H20N2O.C2H6/c1-4-10(6-5-9-2)7-8-11-3;1-2/h9H,4-8H2,1-3H3;1-2H3. The van der Waals surface area contributed by atoms with E-state index >= 15 is 0 Å². The third-order valence-electron chi connectivity index (χ3n) is 1.74. The van der Waals surface area contributed by atoms with E-state index in [1.165, 1.54) is 0 Å². The van der Waals surface area contributed by atoms with Crippen LogP contribution in [0.3, 0.4) is 0 Å². The summed E-state index contributed by atoms with van der Waals surface area (Å²) < 4.78 is 4.99. The molecular weight excluding hydrogens is 164 g/mol. The molecule has 0 fully saturated rings. The fraction of sp³-hybridized carbons (Fsp3) is 1.00. The van der Waals surface area contributed by atoms with Crippen LogP contribution in [-0.2, 0) is 4.74 Å². The zero-order chi connectivity index (χ0) is 10.5. The van der Waals surface area contributed by atoms with Crippen LogP contribution in [0.15, 0.2) is 0 Å². The Morgan fingerprint density at radius 2 is 1.85 bits per heavy atom. The summed E-state index contributed by atoms with van der Waals surface area (Å²) in [5.41, 5.74) is 0. The Bertz CT molecular complexity index is 71.3. The molecule has 0 rings (SSSR count). The molecule has 0 aliphatic carbocycles. The average Bonchev–Trinajstić information content (AvgIpc) is 2.21. The Hall–Kier alpha value is -0.120. The molecule has 0 spiro atoms. The Kier molecular flexibility index (Phi) is 17.0. The summed E-state index contributed by atoms with van der Waals surface area (Å²) >= 11 is 0. The minimum atomic E-state index is 0.831. The van der Waals surface area contributed by atoms with Crippen LogP contribution >= 0.6 is 0 Å². The van der Waals surface area contributed by atoms with Crippen LogP contribution in [0.25, 0.3) is 0 Å². The van der Waals surface area contributed by atoms with Crippen molar-refractivity contribution in [3.63, 3.8) is 0 Å². The number of rotatable bonds is 7. The highest BCUT2D eigenvalue weighted by molar-refractivity contribution is 4.55. The zero-order valence-corrected chi connectivity index (χ0v) is 9.89. The molecule has 0 radical (unpaired) electrons. The van der Waals surface area contributed by atoms with Crippen LogP contribution in [0.5, 0.6) is 0 Å².